The van der Waals surface area contributed by atoms with Gasteiger partial charge in [-0.25, -0.2) is 0 Å². The van der Waals surface area contributed by atoms with Gasteiger partial charge in [-0.1, -0.05) is 6.92 Å². The summed E-state index contributed by atoms with van der Waals surface area (Å²) in [4.78, 5) is 13.4. The number of hydrogen-bond acceptors (Lipinski definition) is 3. The fourth-order valence-electron chi connectivity index (χ4n) is 1.48. The second kappa shape index (κ2) is 6.80. The van der Waals surface area contributed by atoms with Crippen LogP contribution in [0.25, 0.3) is 0 Å². The van der Waals surface area contributed by atoms with Gasteiger partial charge >= 0.3 is 0 Å². The molecule has 0 aliphatic heterocycles. The first kappa shape index (κ1) is 14.4. The third kappa shape index (κ3) is 5.14. The highest BCUT2D eigenvalue weighted by molar-refractivity contribution is 5.75. The molecule has 15 heavy (non-hydrogen) atoms. The molecule has 0 aliphatic rings. The van der Waals surface area contributed by atoms with E-state index in [1.54, 1.807) is 7.05 Å². The molecule has 0 aromatic rings. The standard InChI is InChI=1S/C11H25N3O/c1-5-7-14(11(2,3)9-12)8-6-10(15)13-4/h5-9,12H2,1-4H3,(H,13,15). The van der Waals surface area contributed by atoms with E-state index < -0.39 is 0 Å². The van der Waals surface area contributed by atoms with Crippen molar-refractivity contribution >= 4 is 5.91 Å². The monoisotopic (exact) mass is 215 g/mol. The maximum absolute atomic E-state index is 11.2. The normalized spacial score (nSPS) is 11.9. The van der Waals surface area contributed by atoms with E-state index in [-0.39, 0.29) is 11.4 Å². The summed E-state index contributed by atoms with van der Waals surface area (Å²) in [5.41, 5.74) is 5.71. The molecular weight excluding hydrogens is 190 g/mol. The molecule has 0 saturated carbocycles. The molecule has 3 N–H and O–H groups in total. The van der Waals surface area contributed by atoms with Crippen LogP contribution in [-0.4, -0.2) is 43.0 Å². The second-order valence-electron chi connectivity index (χ2n) is 4.43. The number of hydrogen-bond donors (Lipinski definition) is 2. The first-order valence-electron chi connectivity index (χ1n) is 5.63. The smallest absolute Gasteiger partial charge is 0.221 e. The van der Waals surface area contributed by atoms with E-state index in [9.17, 15) is 4.79 Å². The number of nitrogens with two attached hydrogens (primary N) is 1. The average Bonchev–Trinajstić information content (AvgIpc) is 2.23. The van der Waals surface area contributed by atoms with Crippen LogP contribution < -0.4 is 11.1 Å². The van der Waals surface area contributed by atoms with Crippen molar-refractivity contribution in [3.63, 3.8) is 0 Å². The van der Waals surface area contributed by atoms with Gasteiger partial charge in [-0.05, 0) is 26.8 Å². The van der Waals surface area contributed by atoms with Gasteiger partial charge in [-0.15, -0.1) is 0 Å². The molecule has 0 unspecified atom stereocenters. The number of amides is 1. The molecule has 90 valence electrons. The molecule has 0 saturated heterocycles. The third-order valence-electron chi connectivity index (χ3n) is 2.74. The molecule has 0 aliphatic carbocycles. The lowest BCUT2D eigenvalue weighted by Gasteiger charge is -2.37. The van der Waals surface area contributed by atoms with E-state index in [1.165, 1.54) is 0 Å². The average molecular weight is 215 g/mol. The molecule has 4 heteroatoms. The summed E-state index contributed by atoms with van der Waals surface area (Å²) in [6.45, 7) is 8.75. The number of rotatable bonds is 7. The van der Waals surface area contributed by atoms with Crippen molar-refractivity contribution < 1.29 is 4.79 Å². The first-order valence-corrected chi connectivity index (χ1v) is 5.63. The van der Waals surface area contributed by atoms with E-state index in [0.717, 1.165) is 19.5 Å². The van der Waals surface area contributed by atoms with Crippen LogP contribution in [0.15, 0.2) is 0 Å². The summed E-state index contributed by atoms with van der Waals surface area (Å²) >= 11 is 0. The zero-order valence-corrected chi connectivity index (χ0v) is 10.5. The Morgan fingerprint density at radius 2 is 2.00 bits per heavy atom. The van der Waals surface area contributed by atoms with Crippen molar-refractivity contribution in [2.75, 3.05) is 26.7 Å². The SMILES string of the molecule is CCCN(CCC(=O)NC)C(C)(C)CN. The Morgan fingerprint density at radius 1 is 1.40 bits per heavy atom. The Labute approximate surface area is 93.2 Å². The van der Waals surface area contributed by atoms with Gasteiger partial charge in [0.25, 0.3) is 0 Å². The van der Waals surface area contributed by atoms with Crippen molar-refractivity contribution in [3.05, 3.63) is 0 Å². The van der Waals surface area contributed by atoms with E-state index in [0.29, 0.717) is 13.0 Å². The molecular formula is C11H25N3O. The zero-order valence-electron chi connectivity index (χ0n) is 10.5. The lowest BCUT2D eigenvalue weighted by atomic mass is 10.0. The highest BCUT2D eigenvalue weighted by atomic mass is 16.1. The maximum atomic E-state index is 11.2. The Bertz CT molecular complexity index is 192. The van der Waals surface area contributed by atoms with E-state index in [4.69, 9.17) is 5.73 Å². The largest absolute Gasteiger partial charge is 0.359 e. The highest BCUT2D eigenvalue weighted by Gasteiger charge is 2.24. The van der Waals surface area contributed by atoms with Crippen LogP contribution in [0.1, 0.15) is 33.6 Å². The van der Waals surface area contributed by atoms with Crippen LogP contribution in [0.5, 0.6) is 0 Å². The predicted octanol–water partition coefficient (Wildman–Crippen LogP) is 0.572. The topological polar surface area (TPSA) is 58.4 Å². The number of carbonyl (C=O) groups is 1. The molecule has 0 atom stereocenters. The Kier molecular flexibility index (Phi) is 6.52. The number of nitrogens with one attached hydrogen (secondary N) is 1. The molecule has 0 heterocycles. The van der Waals surface area contributed by atoms with E-state index >= 15 is 0 Å². The third-order valence-corrected chi connectivity index (χ3v) is 2.74. The van der Waals surface area contributed by atoms with Crippen LogP contribution in [0, 0.1) is 0 Å². The van der Waals surface area contributed by atoms with Crippen LogP contribution in [0.2, 0.25) is 0 Å². The predicted molar refractivity (Wildman–Crippen MR) is 63.7 cm³/mol. The second-order valence-corrected chi connectivity index (χ2v) is 4.43. The van der Waals surface area contributed by atoms with Crippen LogP contribution in [-0.2, 0) is 4.79 Å². The van der Waals surface area contributed by atoms with Crippen LogP contribution in [0.3, 0.4) is 0 Å². The first-order chi connectivity index (χ1) is 6.97. The summed E-state index contributed by atoms with van der Waals surface area (Å²) in [6, 6.07) is 0. The Balaban J connectivity index is 4.21. The molecule has 0 aromatic heterocycles. The van der Waals surface area contributed by atoms with Crippen molar-refractivity contribution in [1.82, 2.24) is 10.2 Å². The highest BCUT2D eigenvalue weighted by Crippen LogP contribution is 2.13. The molecule has 0 fully saturated rings. The minimum absolute atomic E-state index is 0.0238. The van der Waals surface area contributed by atoms with Crippen LogP contribution in [0.4, 0.5) is 0 Å². The van der Waals surface area contributed by atoms with Gasteiger partial charge in [-0.3, -0.25) is 9.69 Å². The van der Waals surface area contributed by atoms with Gasteiger partial charge < -0.3 is 11.1 Å². The lowest BCUT2D eigenvalue weighted by Crippen LogP contribution is -2.50. The van der Waals surface area contributed by atoms with Gasteiger partial charge in [0.2, 0.25) is 5.91 Å². The lowest BCUT2D eigenvalue weighted by molar-refractivity contribution is -0.121. The van der Waals surface area contributed by atoms with E-state index in [2.05, 4.69) is 31.0 Å². The quantitative estimate of drug-likeness (QED) is 0.653. The number of nitrogens with zero attached hydrogens (tertiary/aromatic N) is 1. The van der Waals surface area contributed by atoms with Crippen molar-refractivity contribution in [2.24, 2.45) is 5.73 Å². The van der Waals surface area contributed by atoms with Gasteiger partial charge in [0.05, 0.1) is 0 Å². The van der Waals surface area contributed by atoms with E-state index in [1.807, 2.05) is 0 Å². The summed E-state index contributed by atoms with van der Waals surface area (Å²) in [6.07, 6.45) is 1.62. The molecule has 0 bridgehead atoms. The van der Waals surface area contributed by atoms with Gasteiger partial charge in [0, 0.05) is 32.1 Å². The van der Waals surface area contributed by atoms with Gasteiger partial charge in [0.1, 0.15) is 0 Å². The molecule has 0 rings (SSSR count). The van der Waals surface area contributed by atoms with Crippen molar-refractivity contribution in [2.45, 2.75) is 39.2 Å². The fourth-order valence-corrected chi connectivity index (χ4v) is 1.48. The zero-order chi connectivity index (χ0) is 11.9. The summed E-state index contributed by atoms with van der Waals surface area (Å²) in [7, 11) is 1.67. The molecule has 0 radical (unpaired) electrons. The molecule has 0 aromatic carbocycles. The number of carbonyl (C=O) groups excluding carboxylic acids is 1. The fraction of sp³-hybridized carbons (Fsp3) is 0.909. The van der Waals surface area contributed by atoms with Gasteiger partial charge in [0.15, 0.2) is 0 Å². The van der Waals surface area contributed by atoms with Crippen LogP contribution >= 0.6 is 0 Å². The molecule has 4 nitrogen and oxygen atoms in total. The molecule has 1 amide bonds. The summed E-state index contributed by atoms with van der Waals surface area (Å²) in [5.74, 6) is 0.0870. The minimum Gasteiger partial charge on any atom is -0.359 e. The maximum Gasteiger partial charge on any atom is 0.221 e. The Morgan fingerprint density at radius 3 is 2.40 bits per heavy atom. The van der Waals surface area contributed by atoms with Gasteiger partial charge in [-0.2, -0.15) is 0 Å². The summed E-state index contributed by atoms with van der Waals surface area (Å²) < 4.78 is 0. The molecule has 0 spiro atoms. The Hall–Kier alpha value is -0.610. The minimum atomic E-state index is -0.0238. The van der Waals surface area contributed by atoms with Crippen molar-refractivity contribution in [1.29, 1.82) is 0 Å². The summed E-state index contributed by atoms with van der Waals surface area (Å²) in [5, 5.41) is 2.64. The van der Waals surface area contributed by atoms with Crippen molar-refractivity contribution in [3.8, 4) is 0 Å².